The summed E-state index contributed by atoms with van der Waals surface area (Å²) in [5.74, 6) is -0.440. The number of rotatable bonds is 8. The number of carbonyl (C=O) groups excluding carboxylic acids is 2. The Morgan fingerprint density at radius 1 is 1.19 bits per heavy atom. The first-order chi connectivity index (χ1) is 13.0. The number of nitro benzene ring substituents is 1. The Bertz CT molecular complexity index is 846. The van der Waals surface area contributed by atoms with E-state index in [-0.39, 0.29) is 12.2 Å². The Hall–Kier alpha value is -3.68. The first kappa shape index (κ1) is 19.6. The van der Waals surface area contributed by atoms with Crippen LogP contribution in [-0.4, -0.2) is 30.5 Å². The van der Waals surface area contributed by atoms with Gasteiger partial charge in [0.05, 0.1) is 12.0 Å². The molecule has 0 atom stereocenters. The van der Waals surface area contributed by atoms with Crippen molar-refractivity contribution in [1.29, 1.82) is 0 Å². The number of nitrogens with zero attached hydrogens (tertiary/aromatic N) is 1. The normalized spacial score (nSPS) is 10.4. The fourth-order valence-electron chi connectivity index (χ4n) is 2.09. The van der Waals surface area contributed by atoms with Crippen molar-refractivity contribution in [2.45, 2.75) is 6.54 Å². The molecule has 2 rings (SSSR count). The van der Waals surface area contributed by atoms with E-state index in [0.29, 0.717) is 11.3 Å². The molecule has 0 aliphatic rings. The second-order valence-electron chi connectivity index (χ2n) is 5.42. The molecule has 8 heteroatoms. The van der Waals surface area contributed by atoms with Gasteiger partial charge in [0.25, 0.3) is 11.6 Å². The summed E-state index contributed by atoms with van der Waals surface area (Å²) in [4.78, 5) is 33.4. The van der Waals surface area contributed by atoms with E-state index in [1.807, 2.05) is 12.1 Å². The fraction of sp³-hybridized carbons (Fsp3) is 0.158. The molecule has 0 fully saturated rings. The standard InChI is InChI=1S/C19H18N2O6/c1-26-17-4-2-3-15(11-17)12-20-18(22)13-27-19(23)10-7-14-5-8-16(9-6-14)21(24)25/h2-11H,12-13H2,1H3,(H,20,22)/b10-7+. The molecule has 0 heterocycles. The number of nitro groups is 1. The van der Waals surface area contributed by atoms with Crippen LogP contribution in [0.5, 0.6) is 5.75 Å². The molecule has 0 aliphatic heterocycles. The zero-order valence-corrected chi connectivity index (χ0v) is 14.6. The molecule has 0 radical (unpaired) electrons. The zero-order valence-electron chi connectivity index (χ0n) is 14.6. The van der Waals surface area contributed by atoms with Crippen LogP contribution in [0.4, 0.5) is 5.69 Å². The van der Waals surface area contributed by atoms with E-state index in [9.17, 15) is 19.7 Å². The van der Waals surface area contributed by atoms with Gasteiger partial charge in [0.2, 0.25) is 0 Å². The van der Waals surface area contributed by atoms with Gasteiger partial charge in [-0.3, -0.25) is 14.9 Å². The van der Waals surface area contributed by atoms with E-state index in [1.165, 1.54) is 30.3 Å². The third-order valence-corrected chi connectivity index (χ3v) is 3.49. The van der Waals surface area contributed by atoms with E-state index in [1.54, 1.807) is 19.2 Å². The van der Waals surface area contributed by atoms with Gasteiger partial charge in [-0.15, -0.1) is 0 Å². The van der Waals surface area contributed by atoms with Crippen molar-refractivity contribution in [1.82, 2.24) is 5.32 Å². The van der Waals surface area contributed by atoms with E-state index in [4.69, 9.17) is 9.47 Å². The molecule has 0 aromatic heterocycles. The van der Waals surface area contributed by atoms with Crippen LogP contribution in [0, 0.1) is 10.1 Å². The molecule has 8 nitrogen and oxygen atoms in total. The smallest absolute Gasteiger partial charge is 0.331 e. The Morgan fingerprint density at radius 2 is 1.93 bits per heavy atom. The molecule has 140 valence electrons. The van der Waals surface area contributed by atoms with E-state index < -0.39 is 23.4 Å². The second-order valence-corrected chi connectivity index (χ2v) is 5.42. The number of esters is 1. The van der Waals surface area contributed by atoms with Gasteiger partial charge in [0, 0.05) is 24.8 Å². The monoisotopic (exact) mass is 370 g/mol. The summed E-state index contributed by atoms with van der Waals surface area (Å²) < 4.78 is 9.95. The minimum absolute atomic E-state index is 0.0394. The van der Waals surface area contributed by atoms with Crippen molar-refractivity contribution >= 4 is 23.6 Å². The molecule has 0 spiro atoms. The summed E-state index contributed by atoms with van der Waals surface area (Å²) in [6, 6.07) is 12.9. The number of nitrogens with one attached hydrogen (secondary N) is 1. The topological polar surface area (TPSA) is 108 Å². The third kappa shape index (κ3) is 6.62. The molecule has 1 N–H and O–H groups in total. The maximum atomic E-state index is 11.7. The number of non-ortho nitro benzene ring substituents is 1. The van der Waals surface area contributed by atoms with Crippen molar-refractivity contribution < 1.29 is 24.0 Å². The summed E-state index contributed by atoms with van der Waals surface area (Å²) in [5, 5.41) is 13.2. The van der Waals surface area contributed by atoms with Crippen molar-refractivity contribution in [3.8, 4) is 5.75 Å². The predicted molar refractivity (Wildman–Crippen MR) is 97.9 cm³/mol. The van der Waals surface area contributed by atoms with Crippen LogP contribution in [0.15, 0.2) is 54.6 Å². The molecule has 0 bridgehead atoms. The lowest BCUT2D eigenvalue weighted by molar-refractivity contribution is -0.384. The molecule has 0 aliphatic carbocycles. The van der Waals surface area contributed by atoms with Crippen LogP contribution < -0.4 is 10.1 Å². The number of hydrogen-bond acceptors (Lipinski definition) is 6. The van der Waals surface area contributed by atoms with E-state index in [2.05, 4.69) is 5.32 Å². The van der Waals surface area contributed by atoms with Crippen LogP contribution in [0.2, 0.25) is 0 Å². The van der Waals surface area contributed by atoms with Gasteiger partial charge >= 0.3 is 5.97 Å². The zero-order chi connectivity index (χ0) is 19.6. The maximum absolute atomic E-state index is 11.7. The van der Waals surface area contributed by atoms with Gasteiger partial charge in [0.1, 0.15) is 5.75 Å². The first-order valence-electron chi connectivity index (χ1n) is 7.97. The molecular weight excluding hydrogens is 352 g/mol. The third-order valence-electron chi connectivity index (χ3n) is 3.49. The largest absolute Gasteiger partial charge is 0.497 e. The lowest BCUT2D eigenvalue weighted by Crippen LogP contribution is -2.28. The number of ether oxygens (including phenoxy) is 2. The van der Waals surface area contributed by atoms with Crippen LogP contribution in [0.1, 0.15) is 11.1 Å². The predicted octanol–water partition coefficient (Wildman–Crippen LogP) is 2.48. The number of methoxy groups -OCH3 is 1. The lowest BCUT2D eigenvalue weighted by Gasteiger charge is -2.07. The number of amides is 1. The minimum atomic E-state index is -0.690. The average Bonchev–Trinajstić information content (AvgIpc) is 2.69. The van der Waals surface area contributed by atoms with Gasteiger partial charge in [0.15, 0.2) is 6.61 Å². The van der Waals surface area contributed by atoms with Crippen molar-refractivity contribution in [2.24, 2.45) is 0 Å². The summed E-state index contributed by atoms with van der Waals surface area (Å²) in [7, 11) is 1.56. The second kappa shape index (κ2) is 9.71. The highest BCUT2D eigenvalue weighted by Gasteiger charge is 2.06. The van der Waals surface area contributed by atoms with Crippen molar-refractivity contribution in [3.63, 3.8) is 0 Å². The summed E-state index contributed by atoms with van der Waals surface area (Å²) >= 11 is 0. The highest BCUT2D eigenvalue weighted by molar-refractivity contribution is 5.89. The van der Waals surface area contributed by atoms with Crippen LogP contribution in [0.25, 0.3) is 6.08 Å². The summed E-state index contributed by atoms with van der Waals surface area (Å²) in [6.07, 6.45) is 2.59. The maximum Gasteiger partial charge on any atom is 0.331 e. The van der Waals surface area contributed by atoms with E-state index in [0.717, 1.165) is 11.6 Å². The van der Waals surface area contributed by atoms with Crippen molar-refractivity contribution in [2.75, 3.05) is 13.7 Å². The number of hydrogen-bond donors (Lipinski definition) is 1. The van der Waals surface area contributed by atoms with Crippen molar-refractivity contribution in [3.05, 3.63) is 75.8 Å². The van der Waals surface area contributed by atoms with Gasteiger partial charge in [-0.2, -0.15) is 0 Å². The van der Waals surface area contributed by atoms with Gasteiger partial charge in [-0.05, 0) is 41.5 Å². The Morgan fingerprint density at radius 3 is 2.59 bits per heavy atom. The highest BCUT2D eigenvalue weighted by Crippen LogP contribution is 2.13. The van der Waals surface area contributed by atoms with Gasteiger partial charge in [-0.1, -0.05) is 12.1 Å². The lowest BCUT2D eigenvalue weighted by atomic mass is 10.2. The molecule has 27 heavy (non-hydrogen) atoms. The van der Waals surface area contributed by atoms with Gasteiger partial charge in [-0.25, -0.2) is 4.79 Å². The molecule has 2 aromatic carbocycles. The Labute approximate surface area is 155 Å². The first-order valence-corrected chi connectivity index (χ1v) is 7.97. The number of benzene rings is 2. The quantitative estimate of drug-likeness (QED) is 0.331. The average molecular weight is 370 g/mol. The highest BCUT2D eigenvalue weighted by atomic mass is 16.6. The summed E-state index contributed by atoms with van der Waals surface area (Å²) in [5.41, 5.74) is 1.41. The Kier molecular flexibility index (Phi) is 7.07. The Balaban J connectivity index is 1.75. The SMILES string of the molecule is COc1cccc(CNC(=O)COC(=O)/C=C/c2ccc([N+](=O)[O-])cc2)c1. The molecule has 2 aromatic rings. The molecule has 0 unspecified atom stereocenters. The fourth-order valence-corrected chi connectivity index (χ4v) is 2.09. The van der Waals surface area contributed by atoms with Gasteiger partial charge < -0.3 is 14.8 Å². The minimum Gasteiger partial charge on any atom is -0.497 e. The number of carbonyl (C=O) groups is 2. The molecular formula is C19H18N2O6. The summed E-state index contributed by atoms with van der Waals surface area (Å²) in [6.45, 7) is -0.125. The molecule has 0 saturated carbocycles. The van der Waals surface area contributed by atoms with Crippen LogP contribution in [0.3, 0.4) is 0 Å². The van der Waals surface area contributed by atoms with Crippen LogP contribution >= 0.6 is 0 Å². The van der Waals surface area contributed by atoms with E-state index >= 15 is 0 Å². The molecule has 0 saturated heterocycles. The van der Waals surface area contributed by atoms with Crippen LogP contribution in [-0.2, 0) is 20.9 Å². The molecule has 1 amide bonds.